The summed E-state index contributed by atoms with van der Waals surface area (Å²) >= 11 is 6.33. The van der Waals surface area contributed by atoms with Crippen LogP contribution in [0.1, 0.15) is 35.4 Å². The van der Waals surface area contributed by atoms with E-state index in [9.17, 15) is 23.9 Å². The fraction of sp³-hybridized carbons (Fsp3) is 0.231. The highest BCUT2D eigenvalue weighted by Crippen LogP contribution is 2.64. The number of phenolic OH excluding ortho intramolecular Hbond substituents is 1. The van der Waals surface area contributed by atoms with Gasteiger partial charge >= 0.3 is 0 Å². The molecule has 4 aliphatic rings. The maximum Gasteiger partial charge on any atom is 0.260 e. The van der Waals surface area contributed by atoms with Gasteiger partial charge in [-0.3, -0.25) is 29.9 Å². The van der Waals surface area contributed by atoms with E-state index in [-0.39, 0.29) is 31.1 Å². The van der Waals surface area contributed by atoms with Crippen molar-refractivity contribution in [2.75, 3.05) is 5.43 Å². The van der Waals surface area contributed by atoms with E-state index in [0.717, 1.165) is 10.6 Å². The van der Waals surface area contributed by atoms with Crippen molar-refractivity contribution in [1.29, 1.82) is 0 Å². The average molecular weight is 692 g/mol. The van der Waals surface area contributed by atoms with Crippen LogP contribution in [0.3, 0.4) is 0 Å². The van der Waals surface area contributed by atoms with Crippen molar-refractivity contribution in [2.24, 2.45) is 23.7 Å². The Labute approximate surface area is 291 Å². The molecule has 6 unspecified atom stereocenters. The second-order valence-corrected chi connectivity index (χ2v) is 13.7. The Bertz CT molecular complexity index is 2070. The Morgan fingerprint density at radius 3 is 2.38 bits per heavy atom. The van der Waals surface area contributed by atoms with Gasteiger partial charge in [0, 0.05) is 22.6 Å². The number of carbonyl (C=O) groups is 4. The molecule has 4 aromatic rings. The summed E-state index contributed by atoms with van der Waals surface area (Å²) in [6.07, 6.45) is 2.25. The summed E-state index contributed by atoms with van der Waals surface area (Å²) in [6, 6.07) is 26.4. The van der Waals surface area contributed by atoms with Gasteiger partial charge in [0.15, 0.2) is 0 Å². The predicted octanol–water partition coefficient (Wildman–Crippen LogP) is 6.04. The number of halogens is 2. The van der Waals surface area contributed by atoms with Gasteiger partial charge in [0.1, 0.15) is 23.9 Å². The lowest BCUT2D eigenvalue weighted by atomic mass is 9.49. The first-order valence-corrected chi connectivity index (χ1v) is 16.8. The first kappa shape index (κ1) is 31.8. The molecule has 50 heavy (non-hydrogen) atoms. The van der Waals surface area contributed by atoms with Crippen LogP contribution in [0.25, 0.3) is 0 Å². The molecule has 0 bridgehead atoms. The number of anilines is 1. The molecule has 2 saturated heterocycles. The molecule has 4 aromatic carbocycles. The largest absolute Gasteiger partial charge is 0.508 e. The number of imide groups is 2. The van der Waals surface area contributed by atoms with Crippen LogP contribution >= 0.6 is 11.6 Å². The first-order valence-electron chi connectivity index (χ1n) is 16.4. The molecule has 1 saturated carbocycles. The summed E-state index contributed by atoms with van der Waals surface area (Å²) < 4.78 is 19.8. The van der Waals surface area contributed by atoms with Crippen molar-refractivity contribution in [2.45, 2.75) is 30.8 Å². The molecule has 3 N–H and O–H groups in total. The molecule has 0 aromatic heterocycles. The lowest BCUT2D eigenvalue weighted by Gasteiger charge is -2.50. The van der Waals surface area contributed by atoms with Crippen molar-refractivity contribution >= 4 is 40.9 Å². The van der Waals surface area contributed by atoms with Crippen LogP contribution < -0.4 is 15.5 Å². The lowest BCUT2D eigenvalue weighted by molar-refractivity contribution is -0.138. The number of nitrogens with zero attached hydrogens (tertiary/aromatic N) is 1. The number of phenols is 1. The number of hydrogen-bond acceptors (Lipinski definition) is 7. The van der Waals surface area contributed by atoms with E-state index in [1.165, 1.54) is 30.3 Å². The second kappa shape index (κ2) is 12.1. The topological polar surface area (TPSA) is 125 Å². The summed E-state index contributed by atoms with van der Waals surface area (Å²) in [5.74, 6) is -6.04. The van der Waals surface area contributed by atoms with Gasteiger partial charge in [0.25, 0.3) is 11.8 Å². The zero-order chi connectivity index (χ0) is 34.7. The summed E-state index contributed by atoms with van der Waals surface area (Å²) in [4.78, 5) is 55.9. The highest BCUT2D eigenvalue weighted by atomic mass is 35.5. The van der Waals surface area contributed by atoms with Gasteiger partial charge in [-0.05, 0) is 72.4 Å². The smallest absolute Gasteiger partial charge is 0.260 e. The van der Waals surface area contributed by atoms with Gasteiger partial charge in [-0.25, -0.2) is 4.39 Å². The molecule has 11 heteroatoms. The molecule has 2 aliphatic carbocycles. The van der Waals surface area contributed by atoms with Gasteiger partial charge in [0.05, 0.1) is 28.9 Å². The lowest BCUT2D eigenvalue weighted by Crippen LogP contribution is -2.53. The molecule has 0 spiro atoms. The summed E-state index contributed by atoms with van der Waals surface area (Å²) in [6.45, 7) is 0.260. The third kappa shape index (κ3) is 4.96. The Balaban J connectivity index is 1.30. The zero-order valence-electron chi connectivity index (χ0n) is 26.5. The van der Waals surface area contributed by atoms with E-state index in [2.05, 4.69) is 10.7 Å². The Morgan fingerprint density at radius 1 is 0.920 bits per heavy atom. The molecule has 6 atom stereocenters. The van der Waals surface area contributed by atoms with E-state index in [4.69, 9.17) is 16.3 Å². The number of rotatable bonds is 7. The van der Waals surface area contributed by atoms with Crippen molar-refractivity contribution < 1.29 is 33.4 Å². The zero-order valence-corrected chi connectivity index (χ0v) is 27.3. The van der Waals surface area contributed by atoms with Crippen LogP contribution in [-0.4, -0.2) is 33.7 Å². The molecule has 4 amide bonds. The standard InChI is InChI=1S/C39H31ClFN3O6/c40-23-8-6-22(7-9-23)39-31(37(48)44(38(39)49)43-25-12-10-24(41)11-13-25)19-30-27(16-17-29-33(30)36(47)42-35(29)46)34(39)28-15-14-26(18-32(28)45)50-20-21-4-2-1-3-5-21/h1-16,18,29-31,33-34,43,45H,17,19-20H2,(H,42,46,47). The van der Waals surface area contributed by atoms with E-state index in [0.29, 0.717) is 33.2 Å². The molecular weight excluding hydrogens is 661 g/mol. The summed E-state index contributed by atoms with van der Waals surface area (Å²) in [5.41, 5.74) is 4.11. The number of amides is 4. The second-order valence-electron chi connectivity index (χ2n) is 13.2. The highest BCUT2D eigenvalue weighted by Gasteiger charge is 2.70. The fourth-order valence-electron chi connectivity index (χ4n) is 8.51. The Kier molecular flexibility index (Phi) is 7.71. The number of ether oxygens (including phenoxy) is 1. The van der Waals surface area contributed by atoms with Crippen molar-refractivity contribution in [1.82, 2.24) is 10.3 Å². The number of aromatic hydroxyl groups is 1. The van der Waals surface area contributed by atoms with Gasteiger partial charge in [0.2, 0.25) is 11.8 Å². The minimum Gasteiger partial charge on any atom is -0.508 e. The van der Waals surface area contributed by atoms with Crippen LogP contribution in [0.15, 0.2) is 109 Å². The van der Waals surface area contributed by atoms with Crippen LogP contribution in [0.4, 0.5) is 10.1 Å². The monoisotopic (exact) mass is 691 g/mol. The highest BCUT2D eigenvalue weighted by molar-refractivity contribution is 6.30. The third-order valence-electron chi connectivity index (χ3n) is 10.7. The number of hydrogen-bond donors (Lipinski definition) is 3. The van der Waals surface area contributed by atoms with Gasteiger partial charge in [-0.1, -0.05) is 71.8 Å². The predicted molar refractivity (Wildman–Crippen MR) is 181 cm³/mol. The number of hydrazine groups is 1. The molecule has 0 radical (unpaired) electrons. The maximum atomic E-state index is 15.1. The van der Waals surface area contributed by atoms with Crippen molar-refractivity contribution in [3.05, 3.63) is 136 Å². The molecule has 2 aliphatic heterocycles. The minimum atomic E-state index is -1.60. The minimum absolute atomic E-state index is 0.0953. The number of allylic oxidation sites excluding steroid dienone is 2. The van der Waals surface area contributed by atoms with Crippen LogP contribution in [-0.2, 0) is 31.2 Å². The van der Waals surface area contributed by atoms with E-state index < -0.39 is 58.5 Å². The molecule has 252 valence electrons. The molecule has 9 nitrogen and oxygen atoms in total. The molecular formula is C39H31ClFN3O6. The quantitative estimate of drug-likeness (QED) is 0.160. The average Bonchev–Trinajstić information content (AvgIpc) is 3.53. The Hall–Kier alpha value is -5.48. The van der Waals surface area contributed by atoms with Gasteiger partial charge < -0.3 is 9.84 Å². The third-order valence-corrected chi connectivity index (χ3v) is 10.9. The number of benzene rings is 4. The van der Waals surface area contributed by atoms with Crippen LogP contribution in [0, 0.1) is 29.5 Å². The van der Waals surface area contributed by atoms with Gasteiger partial charge in [-0.15, -0.1) is 0 Å². The number of carbonyl (C=O) groups excluding carboxylic acids is 4. The number of nitrogens with one attached hydrogen (secondary N) is 2. The van der Waals surface area contributed by atoms with E-state index >= 15 is 4.79 Å². The number of fused-ring (bicyclic) bond motifs is 4. The summed E-state index contributed by atoms with van der Waals surface area (Å²) in [7, 11) is 0. The molecule has 2 heterocycles. The maximum absolute atomic E-state index is 15.1. The van der Waals surface area contributed by atoms with Crippen LogP contribution in [0.5, 0.6) is 11.5 Å². The SMILES string of the molecule is O=C1NC(=O)C2C1CC=C1C2CC2C(=O)N(Nc3ccc(F)cc3)C(=O)C2(c2ccc(Cl)cc2)C1c1ccc(OCc2ccccc2)cc1O. The fourth-order valence-corrected chi connectivity index (χ4v) is 8.63. The Morgan fingerprint density at radius 2 is 1.66 bits per heavy atom. The van der Waals surface area contributed by atoms with E-state index in [1.54, 1.807) is 36.4 Å². The summed E-state index contributed by atoms with van der Waals surface area (Å²) in [5, 5.41) is 15.6. The van der Waals surface area contributed by atoms with Crippen molar-refractivity contribution in [3.63, 3.8) is 0 Å². The molecule has 8 rings (SSSR count). The molecule has 3 fully saturated rings. The van der Waals surface area contributed by atoms with Crippen molar-refractivity contribution in [3.8, 4) is 11.5 Å². The first-order chi connectivity index (χ1) is 24.2. The normalized spacial score (nSPS) is 26.9. The van der Waals surface area contributed by atoms with Crippen LogP contribution in [0.2, 0.25) is 5.02 Å². The van der Waals surface area contributed by atoms with Gasteiger partial charge in [-0.2, -0.15) is 5.01 Å². The van der Waals surface area contributed by atoms with E-state index in [1.807, 2.05) is 36.4 Å².